The number of rotatable bonds is 2. The first-order chi connectivity index (χ1) is 7.16. The van der Waals surface area contributed by atoms with Crippen molar-refractivity contribution in [2.24, 2.45) is 0 Å². The Kier molecular flexibility index (Phi) is 2.79. The first-order valence-corrected chi connectivity index (χ1v) is 6.02. The van der Waals surface area contributed by atoms with Crippen molar-refractivity contribution >= 4 is 33.7 Å². The normalized spacial score (nSPS) is 10.3. The molecule has 0 aliphatic rings. The van der Waals surface area contributed by atoms with E-state index in [4.69, 9.17) is 0 Å². The second kappa shape index (κ2) is 4.08. The van der Waals surface area contributed by atoms with Crippen LogP contribution in [-0.4, -0.2) is 16.1 Å². The molecule has 4 nitrogen and oxygen atoms in total. The molecule has 0 aliphatic carbocycles. The fourth-order valence-corrected chi connectivity index (χ4v) is 2.51. The molecule has 0 unspecified atom stereocenters. The lowest BCUT2D eigenvalue weighted by Crippen LogP contribution is -2.10. The predicted octanol–water partition coefficient (Wildman–Crippen LogP) is 2.47. The van der Waals surface area contributed by atoms with E-state index in [1.165, 1.54) is 22.7 Å². The molecule has 15 heavy (non-hydrogen) atoms. The van der Waals surface area contributed by atoms with Gasteiger partial charge in [-0.25, -0.2) is 0 Å². The summed E-state index contributed by atoms with van der Waals surface area (Å²) in [5.74, 6) is -0.112. The Labute approximate surface area is 95.0 Å². The Bertz CT molecular complexity index is 489. The zero-order valence-corrected chi connectivity index (χ0v) is 9.91. The number of carbonyl (C=O) groups is 1. The van der Waals surface area contributed by atoms with Gasteiger partial charge in [-0.3, -0.25) is 10.1 Å². The lowest BCUT2D eigenvalue weighted by molar-refractivity contribution is 0.103. The Hall–Kier alpha value is -1.27. The van der Waals surface area contributed by atoms with Crippen molar-refractivity contribution in [3.8, 4) is 0 Å². The average molecular weight is 239 g/mol. The second-order valence-corrected chi connectivity index (χ2v) is 5.11. The zero-order chi connectivity index (χ0) is 10.8. The largest absolute Gasteiger partial charge is 0.296 e. The summed E-state index contributed by atoms with van der Waals surface area (Å²) in [5, 5.41) is 13.7. The van der Waals surface area contributed by atoms with E-state index in [9.17, 15) is 4.79 Å². The number of thiophene rings is 1. The van der Waals surface area contributed by atoms with Crippen LogP contribution in [0.3, 0.4) is 0 Å². The first-order valence-electron chi connectivity index (χ1n) is 4.32. The highest BCUT2D eigenvalue weighted by Crippen LogP contribution is 2.19. The van der Waals surface area contributed by atoms with Crippen LogP contribution in [0.25, 0.3) is 0 Å². The van der Waals surface area contributed by atoms with Gasteiger partial charge in [0.1, 0.15) is 5.01 Å². The molecule has 2 aromatic rings. The Morgan fingerprint density at radius 2 is 2.20 bits per heavy atom. The van der Waals surface area contributed by atoms with Gasteiger partial charge in [0.05, 0.1) is 4.88 Å². The molecule has 1 N–H and O–H groups in total. The number of hydrogen-bond donors (Lipinski definition) is 1. The van der Waals surface area contributed by atoms with E-state index in [2.05, 4.69) is 15.5 Å². The molecule has 2 heterocycles. The number of amides is 1. The summed E-state index contributed by atoms with van der Waals surface area (Å²) in [7, 11) is 0. The molecule has 0 radical (unpaired) electrons. The van der Waals surface area contributed by atoms with E-state index in [0.717, 1.165) is 15.4 Å². The fourth-order valence-electron chi connectivity index (χ4n) is 1.11. The molecule has 0 atom stereocenters. The van der Waals surface area contributed by atoms with Gasteiger partial charge in [-0.15, -0.1) is 21.5 Å². The van der Waals surface area contributed by atoms with E-state index in [0.29, 0.717) is 5.13 Å². The molecule has 0 saturated heterocycles. The third-order valence-corrected chi connectivity index (χ3v) is 3.58. The molecule has 0 fully saturated rings. The average Bonchev–Trinajstić information content (AvgIpc) is 2.75. The van der Waals surface area contributed by atoms with Gasteiger partial charge in [0.25, 0.3) is 5.91 Å². The van der Waals surface area contributed by atoms with Crippen LogP contribution in [0, 0.1) is 13.8 Å². The minimum Gasteiger partial charge on any atom is -0.296 e. The molecule has 0 aromatic carbocycles. The first kappa shape index (κ1) is 10.3. The van der Waals surface area contributed by atoms with Crippen molar-refractivity contribution in [2.45, 2.75) is 13.8 Å². The molecule has 78 valence electrons. The van der Waals surface area contributed by atoms with Crippen LogP contribution in [-0.2, 0) is 0 Å². The van der Waals surface area contributed by atoms with Gasteiger partial charge in [0.15, 0.2) is 0 Å². The highest BCUT2D eigenvalue weighted by atomic mass is 32.1. The monoisotopic (exact) mass is 239 g/mol. The number of anilines is 1. The predicted molar refractivity (Wildman–Crippen MR) is 61.7 cm³/mol. The highest BCUT2D eigenvalue weighted by Gasteiger charge is 2.12. The molecule has 0 saturated carbocycles. The van der Waals surface area contributed by atoms with Gasteiger partial charge in [-0.1, -0.05) is 11.3 Å². The van der Waals surface area contributed by atoms with Crippen LogP contribution in [0.5, 0.6) is 0 Å². The summed E-state index contributed by atoms with van der Waals surface area (Å²) in [6.07, 6.45) is 0. The summed E-state index contributed by atoms with van der Waals surface area (Å²) in [6.45, 7) is 3.76. The second-order valence-electron chi connectivity index (χ2n) is 3.01. The summed E-state index contributed by atoms with van der Waals surface area (Å²) in [4.78, 5) is 12.5. The van der Waals surface area contributed by atoms with Gasteiger partial charge in [0, 0.05) is 0 Å². The number of carbonyl (C=O) groups excluding carboxylic acids is 1. The van der Waals surface area contributed by atoms with E-state index in [1.54, 1.807) is 0 Å². The van der Waals surface area contributed by atoms with Crippen molar-refractivity contribution in [1.29, 1.82) is 0 Å². The van der Waals surface area contributed by atoms with E-state index < -0.39 is 0 Å². The van der Waals surface area contributed by atoms with Gasteiger partial charge in [-0.2, -0.15) is 0 Å². The third-order valence-electron chi connectivity index (χ3n) is 1.81. The minimum absolute atomic E-state index is 0.112. The van der Waals surface area contributed by atoms with Crippen LogP contribution in [0.1, 0.15) is 20.2 Å². The maximum atomic E-state index is 11.7. The summed E-state index contributed by atoms with van der Waals surface area (Å²) >= 11 is 2.80. The number of hydrogen-bond acceptors (Lipinski definition) is 5. The van der Waals surface area contributed by atoms with E-state index in [-0.39, 0.29) is 5.91 Å². The quantitative estimate of drug-likeness (QED) is 0.875. The summed E-state index contributed by atoms with van der Waals surface area (Å²) in [5.41, 5.74) is 0.985. The summed E-state index contributed by atoms with van der Waals surface area (Å²) in [6, 6.07) is 1.92. The lowest BCUT2D eigenvalue weighted by atomic mass is 10.3. The highest BCUT2D eigenvalue weighted by molar-refractivity contribution is 7.15. The number of nitrogens with one attached hydrogen (secondary N) is 1. The van der Waals surface area contributed by atoms with Gasteiger partial charge in [-0.05, 0) is 30.9 Å². The van der Waals surface area contributed by atoms with Gasteiger partial charge in [0.2, 0.25) is 5.13 Å². The molecule has 0 spiro atoms. The van der Waals surface area contributed by atoms with Crippen LogP contribution >= 0.6 is 22.7 Å². The molecule has 2 rings (SSSR count). The summed E-state index contributed by atoms with van der Waals surface area (Å²) < 4.78 is 0. The van der Waals surface area contributed by atoms with Crippen molar-refractivity contribution < 1.29 is 4.79 Å². The zero-order valence-electron chi connectivity index (χ0n) is 8.27. The van der Waals surface area contributed by atoms with Crippen molar-refractivity contribution in [3.05, 3.63) is 26.9 Å². The molecular weight excluding hydrogens is 230 g/mol. The minimum atomic E-state index is -0.112. The van der Waals surface area contributed by atoms with Crippen LogP contribution in [0.15, 0.2) is 11.4 Å². The Balaban J connectivity index is 2.14. The Morgan fingerprint density at radius 1 is 1.40 bits per heavy atom. The standard InChI is InChI=1S/C9H9N3OS2/c1-5-3-4-14-7(5)8(13)10-9-12-11-6(2)15-9/h3-4H,1-2H3,(H,10,12,13). The molecule has 6 heteroatoms. The molecule has 0 bridgehead atoms. The fraction of sp³-hybridized carbons (Fsp3) is 0.222. The molecule has 2 aromatic heterocycles. The van der Waals surface area contributed by atoms with Crippen molar-refractivity contribution in [2.75, 3.05) is 5.32 Å². The van der Waals surface area contributed by atoms with Crippen LogP contribution in [0.4, 0.5) is 5.13 Å². The molecular formula is C9H9N3OS2. The third kappa shape index (κ3) is 2.21. The number of aryl methyl sites for hydroxylation is 2. The van der Waals surface area contributed by atoms with Crippen molar-refractivity contribution in [3.63, 3.8) is 0 Å². The molecule has 1 amide bonds. The lowest BCUT2D eigenvalue weighted by Gasteiger charge is -1.98. The maximum Gasteiger partial charge on any atom is 0.267 e. The van der Waals surface area contributed by atoms with Gasteiger partial charge < -0.3 is 0 Å². The van der Waals surface area contributed by atoms with Crippen molar-refractivity contribution in [1.82, 2.24) is 10.2 Å². The van der Waals surface area contributed by atoms with E-state index in [1.807, 2.05) is 25.3 Å². The number of nitrogens with zero attached hydrogens (tertiary/aromatic N) is 2. The van der Waals surface area contributed by atoms with E-state index >= 15 is 0 Å². The SMILES string of the molecule is Cc1nnc(NC(=O)c2sccc2C)s1. The molecule has 0 aliphatic heterocycles. The Morgan fingerprint density at radius 3 is 2.73 bits per heavy atom. The number of aromatic nitrogens is 2. The van der Waals surface area contributed by atoms with Crippen LogP contribution in [0.2, 0.25) is 0 Å². The maximum absolute atomic E-state index is 11.7. The topological polar surface area (TPSA) is 54.9 Å². The smallest absolute Gasteiger partial charge is 0.267 e. The van der Waals surface area contributed by atoms with Crippen LogP contribution < -0.4 is 5.32 Å². The van der Waals surface area contributed by atoms with Gasteiger partial charge >= 0.3 is 0 Å².